The summed E-state index contributed by atoms with van der Waals surface area (Å²) in [6.45, 7) is 5.94. The minimum absolute atomic E-state index is 0.173. The van der Waals surface area contributed by atoms with Gasteiger partial charge >= 0.3 is 0 Å². The highest BCUT2D eigenvalue weighted by Gasteiger charge is 2.15. The molecule has 0 atom stereocenters. The van der Waals surface area contributed by atoms with Crippen LogP contribution < -0.4 is 0 Å². The SMILES string of the molecule is CC(C)(C)COS(=O)(=O)/C=C/c1ccccc1. The standard InChI is InChI=1S/C13H18O3S/c1-13(2,3)11-16-17(14,15)10-9-12-7-5-4-6-8-12/h4-10H,11H2,1-3H3/b10-9+. The van der Waals surface area contributed by atoms with Crippen LogP contribution in [0, 0.1) is 5.41 Å². The van der Waals surface area contributed by atoms with Crippen molar-refractivity contribution < 1.29 is 12.6 Å². The molecule has 0 aromatic heterocycles. The van der Waals surface area contributed by atoms with E-state index in [1.165, 1.54) is 6.08 Å². The Kier molecular flexibility index (Phi) is 4.48. The molecule has 0 radical (unpaired) electrons. The summed E-state index contributed by atoms with van der Waals surface area (Å²) >= 11 is 0. The van der Waals surface area contributed by atoms with Gasteiger partial charge in [0, 0.05) is 0 Å². The van der Waals surface area contributed by atoms with Gasteiger partial charge in [-0.1, -0.05) is 51.1 Å². The van der Waals surface area contributed by atoms with Gasteiger partial charge in [0.25, 0.3) is 10.1 Å². The van der Waals surface area contributed by atoms with Crippen LogP contribution >= 0.6 is 0 Å². The van der Waals surface area contributed by atoms with Crippen LogP contribution in [0.4, 0.5) is 0 Å². The first-order valence-corrected chi connectivity index (χ1v) is 6.88. The number of hydrogen-bond donors (Lipinski definition) is 0. The first kappa shape index (κ1) is 13.9. The molecule has 0 aliphatic rings. The van der Waals surface area contributed by atoms with Crippen LogP contribution in [0.1, 0.15) is 26.3 Å². The molecule has 94 valence electrons. The fraction of sp³-hybridized carbons (Fsp3) is 0.385. The average molecular weight is 254 g/mol. The van der Waals surface area contributed by atoms with E-state index in [1.54, 1.807) is 0 Å². The molecule has 1 aromatic rings. The van der Waals surface area contributed by atoms with Crippen LogP contribution in [0.25, 0.3) is 6.08 Å². The maximum atomic E-state index is 11.5. The normalized spacial score (nSPS) is 13.1. The van der Waals surface area contributed by atoms with E-state index in [4.69, 9.17) is 4.18 Å². The molecule has 0 aliphatic carbocycles. The minimum atomic E-state index is -3.59. The van der Waals surface area contributed by atoms with Crippen LogP contribution in [0.3, 0.4) is 0 Å². The molecule has 0 spiro atoms. The molecule has 0 saturated carbocycles. The van der Waals surface area contributed by atoms with E-state index in [0.717, 1.165) is 11.0 Å². The molecule has 0 saturated heterocycles. The summed E-state index contributed by atoms with van der Waals surface area (Å²) in [5, 5.41) is 1.09. The highest BCUT2D eigenvalue weighted by Crippen LogP contribution is 2.15. The second-order valence-corrected chi connectivity index (χ2v) is 6.52. The lowest BCUT2D eigenvalue weighted by Crippen LogP contribution is -2.17. The summed E-state index contributed by atoms with van der Waals surface area (Å²) in [5.41, 5.74) is 0.656. The van der Waals surface area contributed by atoms with Gasteiger partial charge in [0.05, 0.1) is 12.0 Å². The van der Waals surface area contributed by atoms with E-state index in [1.807, 2.05) is 51.1 Å². The first-order valence-electron chi connectivity index (χ1n) is 5.41. The zero-order valence-electron chi connectivity index (χ0n) is 10.4. The number of hydrogen-bond acceptors (Lipinski definition) is 3. The summed E-state index contributed by atoms with van der Waals surface area (Å²) in [6, 6.07) is 9.23. The summed E-state index contributed by atoms with van der Waals surface area (Å²) in [5.74, 6) is 0. The van der Waals surface area contributed by atoms with E-state index in [9.17, 15) is 8.42 Å². The molecular formula is C13H18O3S. The average Bonchev–Trinajstić information content (AvgIpc) is 2.25. The highest BCUT2D eigenvalue weighted by atomic mass is 32.2. The molecule has 1 aromatic carbocycles. The molecule has 0 aliphatic heterocycles. The third kappa shape index (κ3) is 6.24. The van der Waals surface area contributed by atoms with Crippen molar-refractivity contribution in [1.29, 1.82) is 0 Å². The van der Waals surface area contributed by atoms with E-state index < -0.39 is 10.1 Å². The fourth-order valence-electron chi connectivity index (χ4n) is 1.02. The Morgan fingerprint density at radius 1 is 1.18 bits per heavy atom. The third-order valence-electron chi connectivity index (χ3n) is 1.88. The largest absolute Gasteiger partial charge is 0.290 e. The van der Waals surface area contributed by atoms with Gasteiger partial charge in [-0.25, -0.2) is 0 Å². The predicted octanol–water partition coefficient (Wildman–Crippen LogP) is 3.05. The van der Waals surface area contributed by atoms with E-state index >= 15 is 0 Å². The molecule has 0 fully saturated rings. The van der Waals surface area contributed by atoms with Crippen LogP contribution in [0.2, 0.25) is 0 Å². The van der Waals surface area contributed by atoms with E-state index in [0.29, 0.717) is 0 Å². The van der Waals surface area contributed by atoms with E-state index in [2.05, 4.69) is 0 Å². The van der Waals surface area contributed by atoms with Crippen molar-refractivity contribution in [2.75, 3.05) is 6.61 Å². The van der Waals surface area contributed by atoms with Crippen LogP contribution in [-0.2, 0) is 14.3 Å². The van der Waals surface area contributed by atoms with E-state index in [-0.39, 0.29) is 12.0 Å². The monoisotopic (exact) mass is 254 g/mol. The van der Waals surface area contributed by atoms with Gasteiger partial charge in [-0.15, -0.1) is 0 Å². The van der Waals surface area contributed by atoms with Gasteiger partial charge in [-0.2, -0.15) is 8.42 Å². The zero-order chi connectivity index (χ0) is 12.9. The van der Waals surface area contributed by atoms with Gasteiger partial charge in [0.2, 0.25) is 0 Å². The zero-order valence-corrected chi connectivity index (χ0v) is 11.2. The van der Waals surface area contributed by atoms with Crippen molar-refractivity contribution in [3.63, 3.8) is 0 Å². The van der Waals surface area contributed by atoms with Gasteiger partial charge in [0.15, 0.2) is 0 Å². The lowest BCUT2D eigenvalue weighted by molar-refractivity contribution is 0.206. The summed E-state index contributed by atoms with van der Waals surface area (Å²) < 4.78 is 28.0. The summed E-state index contributed by atoms with van der Waals surface area (Å²) in [6.07, 6.45) is 1.53. The van der Waals surface area contributed by atoms with Crippen LogP contribution in [0.15, 0.2) is 35.7 Å². The van der Waals surface area contributed by atoms with Crippen LogP contribution in [0.5, 0.6) is 0 Å². The highest BCUT2D eigenvalue weighted by molar-refractivity contribution is 7.89. The lowest BCUT2D eigenvalue weighted by Gasteiger charge is -2.16. The molecule has 0 unspecified atom stereocenters. The Bertz CT molecular complexity index is 467. The second kappa shape index (κ2) is 5.47. The smallest absolute Gasteiger partial charge is 0.266 e. The van der Waals surface area contributed by atoms with Crippen molar-refractivity contribution in [3.05, 3.63) is 41.3 Å². The fourth-order valence-corrected chi connectivity index (χ4v) is 1.94. The van der Waals surface area contributed by atoms with Crippen LogP contribution in [-0.4, -0.2) is 15.0 Å². The third-order valence-corrected chi connectivity index (χ3v) is 2.80. The summed E-state index contributed by atoms with van der Waals surface area (Å²) in [4.78, 5) is 0. The van der Waals surface area contributed by atoms with Crippen molar-refractivity contribution >= 4 is 16.2 Å². The number of benzene rings is 1. The molecule has 4 heteroatoms. The first-order chi connectivity index (χ1) is 7.79. The molecule has 0 N–H and O–H groups in total. The molecule has 0 heterocycles. The lowest BCUT2D eigenvalue weighted by atomic mass is 9.99. The summed E-state index contributed by atoms with van der Waals surface area (Å²) in [7, 11) is -3.59. The maximum absolute atomic E-state index is 11.5. The maximum Gasteiger partial charge on any atom is 0.290 e. The molecular weight excluding hydrogens is 236 g/mol. The Labute approximate surface area is 103 Å². The molecule has 0 bridgehead atoms. The Balaban J connectivity index is 2.65. The van der Waals surface area contributed by atoms with Gasteiger partial charge in [-0.05, 0) is 17.1 Å². The van der Waals surface area contributed by atoms with Crippen molar-refractivity contribution in [2.45, 2.75) is 20.8 Å². The van der Waals surface area contributed by atoms with Gasteiger partial charge in [0.1, 0.15) is 0 Å². The molecule has 17 heavy (non-hydrogen) atoms. The Morgan fingerprint density at radius 3 is 2.29 bits per heavy atom. The minimum Gasteiger partial charge on any atom is -0.266 e. The second-order valence-electron chi connectivity index (χ2n) is 5.03. The Morgan fingerprint density at radius 2 is 1.76 bits per heavy atom. The molecule has 1 rings (SSSR count). The Hall–Kier alpha value is -1.13. The number of rotatable bonds is 4. The molecule has 3 nitrogen and oxygen atoms in total. The van der Waals surface area contributed by atoms with Gasteiger partial charge in [-0.3, -0.25) is 4.18 Å². The van der Waals surface area contributed by atoms with Crippen molar-refractivity contribution in [1.82, 2.24) is 0 Å². The quantitative estimate of drug-likeness (QED) is 0.776. The van der Waals surface area contributed by atoms with Gasteiger partial charge < -0.3 is 0 Å². The molecule has 0 amide bonds. The topological polar surface area (TPSA) is 43.4 Å². The van der Waals surface area contributed by atoms with Crippen molar-refractivity contribution in [3.8, 4) is 0 Å². The van der Waals surface area contributed by atoms with Crippen molar-refractivity contribution in [2.24, 2.45) is 5.41 Å². The predicted molar refractivity (Wildman–Crippen MR) is 69.8 cm³/mol.